The monoisotopic (exact) mass is 358 g/mol. The fourth-order valence-corrected chi connectivity index (χ4v) is 2.42. The lowest BCUT2D eigenvalue weighted by Crippen LogP contribution is -2.25. The highest BCUT2D eigenvalue weighted by Crippen LogP contribution is 2.22. The van der Waals surface area contributed by atoms with Crippen LogP contribution in [0.25, 0.3) is 11.3 Å². The van der Waals surface area contributed by atoms with E-state index in [4.69, 9.17) is 4.52 Å². The highest BCUT2D eigenvalue weighted by atomic mass is 19.2. The highest BCUT2D eigenvalue weighted by Gasteiger charge is 2.15. The number of aromatic nitrogens is 1. The molecule has 0 radical (unpaired) electrons. The van der Waals surface area contributed by atoms with Gasteiger partial charge < -0.3 is 14.9 Å². The van der Waals surface area contributed by atoms with Crippen LogP contribution in [0.15, 0.2) is 59.1 Å². The lowest BCUT2D eigenvalue weighted by molar-refractivity contribution is 0.0933. The smallest absolute Gasteiger partial charge is 0.273 e. The van der Waals surface area contributed by atoms with Crippen LogP contribution in [0.1, 0.15) is 28.6 Å². The number of carbonyl (C=O) groups is 1. The van der Waals surface area contributed by atoms with Crippen LogP contribution < -0.4 is 5.32 Å². The average molecular weight is 358 g/mol. The maximum absolute atomic E-state index is 13.3. The zero-order chi connectivity index (χ0) is 18.5. The number of carbonyl (C=O) groups excluding carboxylic acids is 1. The Balaban J connectivity index is 1.57. The SMILES string of the molecule is O=C(NCCC(O)c1ccccc1)c1cc(-c2ccc(F)c(F)c2)on1. The molecule has 1 aromatic heterocycles. The summed E-state index contributed by atoms with van der Waals surface area (Å²) in [4.78, 5) is 12.1. The molecule has 3 rings (SSSR count). The number of amides is 1. The molecule has 26 heavy (non-hydrogen) atoms. The van der Waals surface area contributed by atoms with E-state index in [9.17, 15) is 18.7 Å². The van der Waals surface area contributed by atoms with Crippen LogP contribution in [0.3, 0.4) is 0 Å². The third kappa shape index (κ3) is 4.12. The molecule has 5 nitrogen and oxygen atoms in total. The summed E-state index contributed by atoms with van der Waals surface area (Å²) in [6.45, 7) is 0.238. The largest absolute Gasteiger partial charge is 0.388 e. The Kier molecular flexibility index (Phi) is 5.38. The van der Waals surface area contributed by atoms with Crippen LogP contribution in [0.4, 0.5) is 8.78 Å². The second kappa shape index (κ2) is 7.88. The molecule has 134 valence electrons. The fourth-order valence-electron chi connectivity index (χ4n) is 2.42. The number of hydrogen-bond acceptors (Lipinski definition) is 4. The van der Waals surface area contributed by atoms with E-state index in [0.717, 1.165) is 17.7 Å². The number of halogens is 2. The molecule has 0 saturated carbocycles. The summed E-state index contributed by atoms with van der Waals surface area (Å²) in [7, 11) is 0. The molecule has 1 unspecified atom stereocenters. The van der Waals surface area contributed by atoms with Gasteiger partial charge in [0.2, 0.25) is 0 Å². The van der Waals surface area contributed by atoms with E-state index in [-0.39, 0.29) is 23.6 Å². The molecule has 1 heterocycles. The quantitative estimate of drug-likeness (QED) is 0.707. The Morgan fingerprint density at radius 3 is 2.62 bits per heavy atom. The van der Waals surface area contributed by atoms with Crippen LogP contribution in [-0.2, 0) is 0 Å². The van der Waals surface area contributed by atoms with Crippen molar-refractivity contribution >= 4 is 5.91 Å². The van der Waals surface area contributed by atoms with Crippen molar-refractivity contribution in [3.05, 3.63) is 77.5 Å². The second-order valence-electron chi connectivity index (χ2n) is 5.68. The van der Waals surface area contributed by atoms with Crippen molar-refractivity contribution < 1.29 is 23.2 Å². The van der Waals surface area contributed by atoms with Crippen LogP contribution in [0, 0.1) is 11.6 Å². The van der Waals surface area contributed by atoms with Gasteiger partial charge >= 0.3 is 0 Å². The number of aliphatic hydroxyl groups is 1. The van der Waals surface area contributed by atoms with Crippen molar-refractivity contribution in [2.75, 3.05) is 6.54 Å². The van der Waals surface area contributed by atoms with Gasteiger partial charge in [-0.3, -0.25) is 4.79 Å². The van der Waals surface area contributed by atoms with Crippen LogP contribution in [0.2, 0.25) is 0 Å². The Morgan fingerprint density at radius 2 is 1.88 bits per heavy atom. The lowest BCUT2D eigenvalue weighted by atomic mass is 10.1. The van der Waals surface area contributed by atoms with Crippen molar-refractivity contribution in [3.8, 4) is 11.3 Å². The zero-order valence-corrected chi connectivity index (χ0v) is 13.7. The molecular weight excluding hydrogens is 342 g/mol. The Morgan fingerprint density at radius 1 is 1.12 bits per heavy atom. The number of nitrogens with zero attached hydrogens (tertiary/aromatic N) is 1. The minimum absolute atomic E-state index is 0.0129. The first-order valence-corrected chi connectivity index (χ1v) is 7.98. The van der Waals surface area contributed by atoms with Gasteiger partial charge in [0.1, 0.15) is 0 Å². The van der Waals surface area contributed by atoms with Gasteiger partial charge in [0.05, 0.1) is 6.10 Å². The molecule has 2 aromatic carbocycles. The predicted octanol–water partition coefficient (Wildman–Crippen LogP) is 3.47. The molecular formula is C19H16F2N2O3. The van der Waals surface area contributed by atoms with Crippen molar-refractivity contribution in [1.29, 1.82) is 0 Å². The Labute approximate surface area is 148 Å². The first kappa shape index (κ1) is 17.8. The Hall–Kier alpha value is -3.06. The van der Waals surface area contributed by atoms with Gasteiger partial charge in [0.25, 0.3) is 5.91 Å². The fraction of sp³-hybridized carbons (Fsp3) is 0.158. The summed E-state index contributed by atoms with van der Waals surface area (Å²) < 4.78 is 31.3. The average Bonchev–Trinajstić information content (AvgIpc) is 3.15. The molecule has 0 saturated heterocycles. The maximum atomic E-state index is 13.3. The maximum Gasteiger partial charge on any atom is 0.273 e. The van der Waals surface area contributed by atoms with Gasteiger partial charge in [-0.1, -0.05) is 35.5 Å². The molecule has 1 amide bonds. The zero-order valence-electron chi connectivity index (χ0n) is 13.7. The van der Waals surface area contributed by atoms with Gasteiger partial charge in [0.15, 0.2) is 23.1 Å². The predicted molar refractivity (Wildman–Crippen MR) is 90.2 cm³/mol. The van der Waals surface area contributed by atoms with E-state index in [0.29, 0.717) is 6.42 Å². The van der Waals surface area contributed by atoms with Crippen molar-refractivity contribution in [3.63, 3.8) is 0 Å². The molecule has 0 aliphatic rings. The summed E-state index contributed by atoms with van der Waals surface area (Å²) in [5, 5.41) is 16.3. The highest BCUT2D eigenvalue weighted by molar-refractivity contribution is 5.93. The minimum atomic E-state index is -1.01. The number of nitrogens with one attached hydrogen (secondary N) is 1. The third-order valence-corrected chi connectivity index (χ3v) is 3.83. The summed E-state index contributed by atoms with van der Waals surface area (Å²) >= 11 is 0. The van der Waals surface area contributed by atoms with Crippen LogP contribution in [0.5, 0.6) is 0 Å². The lowest BCUT2D eigenvalue weighted by Gasteiger charge is -2.10. The van der Waals surface area contributed by atoms with Gasteiger partial charge in [-0.05, 0) is 30.2 Å². The topological polar surface area (TPSA) is 75.4 Å². The van der Waals surface area contributed by atoms with Crippen molar-refractivity contribution in [2.24, 2.45) is 0 Å². The minimum Gasteiger partial charge on any atom is -0.388 e. The molecule has 7 heteroatoms. The van der Waals surface area contributed by atoms with Gasteiger partial charge in [-0.25, -0.2) is 8.78 Å². The van der Waals surface area contributed by atoms with E-state index in [1.807, 2.05) is 18.2 Å². The van der Waals surface area contributed by atoms with Crippen molar-refractivity contribution in [1.82, 2.24) is 10.5 Å². The number of aliphatic hydroxyl groups excluding tert-OH is 1. The van der Waals surface area contributed by atoms with Crippen molar-refractivity contribution in [2.45, 2.75) is 12.5 Å². The van der Waals surface area contributed by atoms with E-state index < -0.39 is 23.6 Å². The van der Waals surface area contributed by atoms with Crippen LogP contribution in [-0.4, -0.2) is 22.7 Å². The first-order chi connectivity index (χ1) is 12.5. The van der Waals surface area contributed by atoms with E-state index in [1.54, 1.807) is 12.1 Å². The molecule has 0 fully saturated rings. The summed E-state index contributed by atoms with van der Waals surface area (Å²) in [5.41, 5.74) is 1.05. The van der Waals surface area contributed by atoms with E-state index in [2.05, 4.69) is 10.5 Å². The van der Waals surface area contributed by atoms with E-state index in [1.165, 1.54) is 12.1 Å². The normalized spacial score (nSPS) is 12.0. The first-order valence-electron chi connectivity index (χ1n) is 7.98. The molecule has 2 N–H and O–H groups in total. The van der Waals surface area contributed by atoms with E-state index >= 15 is 0 Å². The standard InChI is InChI=1S/C19H16F2N2O3/c20-14-7-6-13(10-15(14)21)18-11-16(23-26-18)19(25)22-9-8-17(24)12-4-2-1-3-5-12/h1-7,10-11,17,24H,8-9H2,(H,22,25). The summed E-state index contributed by atoms with van der Waals surface area (Å²) in [6.07, 6.45) is -0.351. The molecule has 3 aromatic rings. The molecule has 0 aliphatic heterocycles. The van der Waals surface area contributed by atoms with Crippen LogP contribution >= 0.6 is 0 Å². The number of hydrogen-bond donors (Lipinski definition) is 2. The Bertz CT molecular complexity index is 897. The molecule has 0 spiro atoms. The second-order valence-corrected chi connectivity index (χ2v) is 5.68. The summed E-state index contributed by atoms with van der Waals surface area (Å²) in [6, 6.07) is 13.7. The van der Waals surface area contributed by atoms with Gasteiger partial charge in [-0.2, -0.15) is 0 Å². The number of benzene rings is 2. The molecule has 0 bridgehead atoms. The molecule has 0 aliphatic carbocycles. The van der Waals surface area contributed by atoms with Gasteiger partial charge in [-0.15, -0.1) is 0 Å². The van der Waals surface area contributed by atoms with Gasteiger partial charge in [0, 0.05) is 18.2 Å². The third-order valence-electron chi connectivity index (χ3n) is 3.83. The molecule has 1 atom stereocenters. The number of rotatable bonds is 6. The summed E-state index contributed by atoms with van der Waals surface area (Å²) in [5.74, 6) is -2.32.